The molecule has 6 aromatic rings. The molecule has 17 heteroatoms. The molecule has 4 amide bonds. The van der Waals surface area contributed by atoms with Gasteiger partial charge in [-0.3, -0.25) is 29.3 Å². The Morgan fingerprint density at radius 2 is 0.926 bits per heavy atom. The Labute approximate surface area is 307 Å². The average molecular weight is 771 g/mol. The van der Waals surface area contributed by atoms with Crippen molar-refractivity contribution in [3.8, 4) is 11.5 Å². The molecule has 0 aliphatic rings. The van der Waals surface area contributed by atoms with Crippen molar-refractivity contribution >= 4 is 82.4 Å². The van der Waals surface area contributed by atoms with Crippen molar-refractivity contribution in [2.75, 3.05) is 10.6 Å². The summed E-state index contributed by atoms with van der Waals surface area (Å²) in [6.07, 6.45) is 0. The zero-order chi connectivity index (χ0) is 39.1. The van der Waals surface area contributed by atoms with E-state index in [9.17, 15) is 50.5 Å². The molecule has 15 nitrogen and oxygen atoms in total. The van der Waals surface area contributed by atoms with Crippen LogP contribution in [0.3, 0.4) is 0 Å². The molecule has 0 spiro atoms. The number of amides is 4. The summed E-state index contributed by atoms with van der Waals surface area (Å²) in [5.74, 6) is -2.22. The van der Waals surface area contributed by atoms with Crippen molar-refractivity contribution in [1.29, 1.82) is 0 Å². The molecule has 0 aliphatic heterocycles. The quantitative estimate of drug-likeness (QED) is 0.0795. The molecular formula is C37H30N4O11S2. The summed E-state index contributed by atoms with van der Waals surface area (Å²) in [6.45, 7) is 3.09. The second-order valence-electron chi connectivity index (χ2n) is 12.1. The van der Waals surface area contributed by atoms with Crippen molar-refractivity contribution in [3.63, 3.8) is 0 Å². The molecule has 0 aromatic heterocycles. The van der Waals surface area contributed by atoms with Crippen molar-refractivity contribution < 1.29 is 50.5 Å². The van der Waals surface area contributed by atoms with Gasteiger partial charge in [-0.2, -0.15) is 16.8 Å². The van der Waals surface area contributed by atoms with Crippen molar-refractivity contribution in [2.45, 2.75) is 23.6 Å². The van der Waals surface area contributed by atoms with Crippen LogP contribution < -0.4 is 21.3 Å². The van der Waals surface area contributed by atoms with E-state index in [1.807, 2.05) is 0 Å². The maximum Gasteiger partial charge on any atom is 0.328 e. The largest absolute Gasteiger partial charge is 0.507 e. The van der Waals surface area contributed by atoms with E-state index in [2.05, 4.69) is 21.3 Å². The minimum absolute atomic E-state index is 0.0364. The number of rotatable bonds is 8. The number of phenolic OH excluding ortho intramolecular Hbond substituents is 2. The van der Waals surface area contributed by atoms with Crippen LogP contribution in [0.15, 0.2) is 107 Å². The highest BCUT2D eigenvalue weighted by atomic mass is 32.2. The number of carbonyl (C=O) groups excluding carboxylic acids is 3. The second-order valence-corrected chi connectivity index (χ2v) is 14.9. The maximum absolute atomic E-state index is 13.0. The van der Waals surface area contributed by atoms with Crippen LogP contribution in [0.1, 0.15) is 31.8 Å². The Hall–Kier alpha value is -6.53. The number of fused-ring (bicyclic) bond motifs is 2. The molecule has 6 aromatic carbocycles. The lowest BCUT2D eigenvalue weighted by Gasteiger charge is -2.16. The minimum Gasteiger partial charge on any atom is -0.507 e. The Kier molecular flexibility index (Phi) is 9.74. The Morgan fingerprint density at radius 3 is 1.28 bits per heavy atom. The van der Waals surface area contributed by atoms with E-state index < -0.39 is 47.9 Å². The molecule has 6 rings (SSSR count). The fourth-order valence-corrected chi connectivity index (χ4v) is 7.31. The van der Waals surface area contributed by atoms with E-state index in [1.165, 1.54) is 72.8 Å². The van der Waals surface area contributed by atoms with E-state index in [0.29, 0.717) is 21.9 Å². The molecule has 54 heavy (non-hydrogen) atoms. The molecular weight excluding hydrogens is 741 g/mol. The van der Waals surface area contributed by atoms with Gasteiger partial charge in [-0.25, -0.2) is 4.79 Å². The topological polar surface area (TPSA) is 249 Å². The molecule has 0 heterocycles. The molecule has 0 atom stereocenters. The van der Waals surface area contributed by atoms with E-state index in [0.717, 1.165) is 0 Å². The average Bonchev–Trinajstić information content (AvgIpc) is 3.07. The zero-order valence-electron chi connectivity index (χ0n) is 28.2. The van der Waals surface area contributed by atoms with Gasteiger partial charge in [0.15, 0.2) is 0 Å². The highest BCUT2D eigenvalue weighted by Gasteiger charge is 2.23. The highest BCUT2D eigenvalue weighted by Crippen LogP contribution is 2.40. The maximum atomic E-state index is 13.0. The van der Waals surface area contributed by atoms with Gasteiger partial charge in [0.25, 0.3) is 32.1 Å². The number of benzene rings is 6. The van der Waals surface area contributed by atoms with Gasteiger partial charge in [0, 0.05) is 33.3 Å². The zero-order valence-corrected chi connectivity index (χ0v) is 29.8. The minimum atomic E-state index is -4.72. The van der Waals surface area contributed by atoms with Gasteiger partial charge < -0.3 is 20.8 Å². The van der Waals surface area contributed by atoms with E-state index in [-0.39, 0.29) is 56.1 Å². The molecule has 276 valence electrons. The smallest absolute Gasteiger partial charge is 0.328 e. The van der Waals surface area contributed by atoms with Gasteiger partial charge in [0.1, 0.15) is 21.3 Å². The lowest BCUT2D eigenvalue weighted by Crippen LogP contribution is -2.42. The third-order valence-electron chi connectivity index (χ3n) is 8.46. The first kappa shape index (κ1) is 37.2. The summed E-state index contributed by atoms with van der Waals surface area (Å²) in [4.78, 5) is 37.8. The highest BCUT2D eigenvalue weighted by molar-refractivity contribution is 7.86. The van der Waals surface area contributed by atoms with E-state index in [4.69, 9.17) is 0 Å². The standard InChI is InChI=1S/C37H30N4O11S2/c1-19-17-23(38-33-29(53(47,48)49)15-9-21-5-3-7-27(42)31(21)33)11-13-25(19)35(44)40-37(46)41-36(45)26-14-12-24(18-20(26)2)39-34-30(54(50,51)52)16-10-22-6-4-8-28(43)32(22)34/h3-18,38-39,42-43H,1-2H3,(H,47,48,49)(H,50,51,52)(H2,40,41,44,45,46). The van der Waals surface area contributed by atoms with Crippen LogP contribution >= 0.6 is 0 Å². The summed E-state index contributed by atoms with van der Waals surface area (Å²) in [6, 6.07) is 21.7. The summed E-state index contributed by atoms with van der Waals surface area (Å²) >= 11 is 0. The fraction of sp³-hybridized carbons (Fsp3) is 0.0541. The van der Waals surface area contributed by atoms with Crippen LogP contribution in [-0.4, -0.2) is 54.0 Å². The van der Waals surface area contributed by atoms with Crippen LogP contribution in [-0.2, 0) is 20.2 Å². The Bertz CT molecular complexity index is 2600. The first-order valence-corrected chi connectivity index (χ1v) is 18.7. The number of aromatic hydroxyl groups is 2. The number of hydrogen-bond acceptors (Lipinski definition) is 11. The predicted molar refractivity (Wildman–Crippen MR) is 200 cm³/mol. The number of carbonyl (C=O) groups is 3. The van der Waals surface area contributed by atoms with Crippen molar-refractivity contribution in [2.24, 2.45) is 0 Å². The van der Waals surface area contributed by atoms with Gasteiger partial charge in [-0.05, 0) is 96.4 Å². The Balaban J connectivity index is 1.16. The van der Waals surface area contributed by atoms with Gasteiger partial charge in [-0.15, -0.1) is 0 Å². The first-order chi connectivity index (χ1) is 25.4. The number of anilines is 4. The fourth-order valence-electron chi connectivity index (χ4n) is 6.01. The molecule has 0 saturated heterocycles. The van der Waals surface area contributed by atoms with Crippen LogP contribution in [0.2, 0.25) is 0 Å². The number of hydrogen-bond donors (Lipinski definition) is 8. The molecule has 0 aliphatic carbocycles. The second kappa shape index (κ2) is 14.1. The lowest BCUT2D eigenvalue weighted by atomic mass is 10.1. The van der Waals surface area contributed by atoms with Gasteiger partial charge in [-0.1, -0.05) is 36.4 Å². The molecule has 8 N–H and O–H groups in total. The molecule has 0 radical (unpaired) electrons. The van der Waals surface area contributed by atoms with Crippen molar-refractivity contribution in [3.05, 3.63) is 119 Å². The van der Waals surface area contributed by atoms with Crippen LogP contribution in [0, 0.1) is 13.8 Å². The number of imide groups is 2. The van der Waals surface area contributed by atoms with E-state index in [1.54, 1.807) is 38.1 Å². The number of nitrogens with one attached hydrogen (secondary N) is 4. The molecule has 0 bridgehead atoms. The summed E-state index contributed by atoms with van der Waals surface area (Å²) in [5, 5.41) is 32.2. The third kappa shape index (κ3) is 7.50. The SMILES string of the molecule is Cc1cc(Nc2c(S(=O)(=O)O)ccc3cccc(O)c23)ccc1C(=O)NC(=O)NC(=O)c1ccc(Nc2c(S(=O)(=O)O)ccc3cccc(O)c23)cc1C. The number of phenols is 2. The summed E-state index contributed by atoms with van der Waals surface area (Å²) < 4.78 is 68.3. The van der Waals surface area contributed by atoms with Gasteiger partial charge >= 0.3 is 6.03 Å². The van der Waals surface area contributed by atoms with Crippen LogP contribution in [0.5, 0.6) is 11.5 Å². The number of urea groups is 1. The monoisotopic (exact) mass is 770 g/mol. The summed E-state index contributed by atoms with van der Waals surface area (Å²) in [5.41, 5.74) is 1.11. The first-order valence-electron chi connectivity index (χ1n) is 15.8. The van der Waals surface area contributed by atoms with Gasteiger partial charge in [0.2, 0.25) is 0 Å². The molecule has 0 saturated carbocycles. The number of aryl methyl sites for hydroxylation is 2. The molecule has 0 fully saturated rings. The normalized spacial score (nSPS) is 11.6. The van der Waals surface area contributed by atoms with Crippen molar-refractivity contribution in [1.82, 2.24) is 10.6 Å². The Morgan fingerprint density at radius 1 is 0.537 bits per heavy atom. The van der Waals surface area contributed by atoms with Gasteiger partial charge in [0.05, 0.1) is 11.4 Å². The van der Waals surface area contributed by atoms with E-state index >= 15 is 0 Å². The summed E-state index contributed by atoms with van der Waals surface area (Å²) in [7, 11) is -9.44. The lowest BCUT2D eigenvalue weighted by molar-refractivity contribution is 0.0944. The molecule has 0 unspecified atom stereocenters. The predicted octanol–water partition coefficient (Wildman–Crippen LogP) is 6.28. The van der Waals surface area contributed by atoms with Crippen LogP contribution in [0.25, 0.3) is 21.5 Å². The van der Waals surface area contributed by atoms with Crippen LogP contribution in [0.4, 0.5) is 27.5 Å². The third-order valence-corrected chi connectivity index (χ3v) is 10.3.